The van der Waals surface area contributed by atoms with Gasteiger partial charge in [0.2, 0.25) is 0 Å². The van der Waals surface area contributed by atoms with Crippen LogP contribution in [0.15, 0.2) is 18.2 Å². The summed E-state index contributed by atoms with van der Waals surface area (Å²) in [6.07, 6.45) is 1.02. The van der Waals surface area contributed by atoms with Gasteiger partial charge in [0.05, 0.1) is 18.6 Å². The first-order valence-electron chi connectivity index (χ1n) is 6.07. The summed E-state index contributed by atoms with van der Waals surface area (Å²) in [5.74, 6) is 1.39. The van der Waals surface area contributed by atoms with Gasteiger partial charge in [0.25, 0.3) is 0 Å². The summed E-state index contributed by atoms with van der Waals surface area (Å²) >= 11 is 6.22. The fourth-order valence-corrected chi connectivity index (χ4v) is 2.57. The van der Waals surface area contributed by atoms with Crippen molar-refractivity contribution in [2.45, 2.75) is 37.7 Å². The van der Waals surface area contributed by atoms with Crippen molar-refractivity contribution >= 4 is 11.6 Å². The zero-order chi connectivity index (χ0) is 12.4. The molecule has 1 aliphatic rings. The molecule has 3 heteroatoms. The van der Waals surface area contributed by atoms with Gasteiger partial charge in [-0.3, -0.25) is 0 Å². The zero-order valence-corrected chi connectivity index (χ0v) is 11.3. The SMILES string of the molecule is COc1ccc2c(c1)C(C)CCOC2C(C)Cl. The average Bonchev–Trinajstić information content (AvgIpc) is 2.48. The number of ether oxygens (including phenoxy) is 2. The lowest BCUT2D eigenvalue weighted by Crippen LogP contribution is -2.13. The van der Waals surface area contributed by atoms with Crippen LogP contribution in [0.2, 0.25) is 0 Å². The van der Waals surface area contributed by atoms with Gasteiger partial charge in [-0.05, 0) is 42.5 Å². The number of methoxy groups -OCH3 is 1. The van der Waals surface area contributed by atoms with Crippen LogP contribution in [0, 0.1) is 0 Å². The molecule has 0 spiro atoms. The highest BCUT2D eigenvalue weighted by molar-refractivity contribution is 6.20. The van der Waals surface area contributed by atoms with Crippen LogP contribution in [-0.4, -0.2) is 19.1 Å². The number of benzene rings is 1. The van der Waals surface area contributed by atoms with E-state index in [-0.39, 0.29) is 11.5 Å². The molecule has 0 saturated heterocycles. The van der Waals surface area contributed by atoms with Crippen LogP contribution in [0.4, 0.5) is 0 Å². The van der Waals surface area contributed by atoms with Crippen molar-refractivity contribution in [2.75, 3.05) is 13.7 Å². The number of fused-ring (bicyclic) bond motifs is 1. The fraction of sp³-hybridized carbons (Fsp3) is 0.571. The van der Waals surface area contributed by atoms with Crippen molar-refractivity contribution in [1.82, 2.24) is 0 Å². The Kier molecular flexibility index (Phi) is 3.95. The molecule has 3 atom stereocenters. The maximum absolute atomic E-state index is 6.22. The monoisotopic (exact) mass is 254 g/mol. The number of alkyl halides is 1. The van der Waals surface area contributed by atoms with E-state index in [0.29, 0.717) is 5.92 Å². The van der Waals surface area contributed by atoms with Crippen LogP contribution >= 0.6 is 11.6 Å². The van der Waals surface area contributed by atoms with Gasteiger partial charge in [0.15, 0.2) is 0 Å². The molecule has 1 heterocycles. The molecule has 0 amide bonds. The normalized spacial score (nSPS) is 25.9. The van der Waals surface area contributed by atoms with Gasteiger partial charge >= 0.3 is 0 Å². The van der Waals surface area contributed by atoms with Gasteiger partial charge in [-0.25, -0.2) is 0 Å². The lowest BCUT2D eigenvalue weighted by Gasteiger charge is -2.21. The van der Waals surface area contributed by atoms with Gasteiger partial charge in [-0.15, -0.1) is 11.6 Å². The summed E-state index contributed by atoms with van der Waals surface area (Å²) in [6, 6.07) is 6.17. The van der Waals surface area contributed by atoms with E-state index in [0.717, 1.165) is 18.8 Å². The molecule has 3 unspecified atom stereocenters. The van der Waals surface area contributed by atoms with Crippen LogP contribution < -0.4 is 4.74 Å². The molecule has 0 fully saturated rings. The van der Waals surface area contributed by atoms with Crippen molar-refractivity contribution in [3.63, 3.8) is 0 Å². The maximum atomic E-state index is 6.22. The van der Waals surface area contributed by atoms with Crippen molar-refractivity contribution in [3.8, 4) is 5.75 Å². The lowest BCUT2D eigenvalue weighted by molar-refractivity contribution is 0.0551. The molecule has 2 nitrogen and oxygen atoms in total. The fourth-order valence-electron chi connectivity index (χ4n) is 2.36. The second kappa shape index (κ2) is 5.28. The summed E-state index contributed by atoms with van der Waals surface area (Å²) in [6.45, 7) is 4.97. The van der Waals surface area contributed by atoms with Crippen molar-refractivity contribution in [1.29, 1.82) is 0 Å². The highest BCUT2D eigenvalue weighted by Gasteiger charge is 2.26. The van der Waals surface area contributed by atoms with E-state index in [1.807, 2.05) is 13.0 Å². The Bertz CT molecular complexity index is 390. The van der Waals surface area contributed by atoms with Gasteiger partial charge < -0.3 is 9.47 Å². The van der Waals surface area contributed by atoms with Crippen molar-refractivity contribution in [3.05, 3.63) is 29.3 Å². The summed E-state index contributed by atoms with van der Waals surface area (Å²) < 4.78 is 11.2. The Morgan fingerprint density at radius 2 is 2.18 bits per heavy atom. The molecule has 2 rings (SSSR count). The molecule has 94 valence electrons. The molecule has 0 saturated carbocycles. The van der Waals surface area contributed by atoms with Crippen LogP contribution in [0.5, 0.6) is 5.75 Å². The zero-order valence-electron chi connectivity index (χ0n) is 10.6. The quantitative estimate of drug-likeness (QED) is 0.746. The topological polar surface area (TPSA) is 18.5 Å². The summed E-state index contributed by atoms with van der Waals surface area (Å²) in [4.78, 5) is 0. The second-order valence-electron chi connectivity index (χ2n) is 4.65. The van der Waals surface area contributed by atoms with E-state index in [1.165, 1.54) is 11.1 Å². The molecule has 0 bridgehead atoms. The third kappa shape index (κ3) is 2.58. The molecule has 1 aromatic rings. The van der Waals surface area contributed by atoms with Gasteiger partial charge in [-0.2, -0.15) is 0 Å². The molecular formula is C14H19ClO2. The van der Waals surface area contributed by atoms with E-state index in [1.54, 1.807) is 7.11 Å². The summed E-state index contributed by atoms with van der Waals surface area (Å²) in [5, 5.41) is -0.0209. The van der Waals surface area contributed by atoms with E-state index in [4.69, 9.17) is 21.1 Å². The largest absolute Gasteiger partial charge is 0.497 e. The number of halogens is 1. The first kappa shape index (κ1) is 12.7. The Hall–Kier alpha value is -0.730. The number of hydrogen-bond acceptors (Lipinski definition) is 2. The number of rotatable bonds is 2. The second-order valence-corrected chi connectivity index (χ2v) is 5.34. The Morgan fingerprint density at radius 1 is 1.41 bits per heavy atom. The Labute approximate surface area is 108 Å². The highest BCUT2D eigenvalue weighted by atomic mass is 35.5. The van der Waals surface area contributed by atoms with Crippen LogP contribution in [0.3, 0.4) is 0 Å². The van der Waals surface area contributed by atoms with Gasteiger partial charge in [-0.1, -0.05) is 13.0 Å². The molecule has 0 aromatic heterocycles. The number of hydrogen-bond donors (Lipinski definition) is 0. The summed E-state index contributed by atoms with van der Waals surface area (Å²) in [5.41, 5.74) is 2.51. The van der Waals surface area contributed by atoms with Gasteiger partial charge in [0.1, 0.15) is 5.75 Å². The minimum atomic E-state index is -0.0209. The first-order chi connectivity index (χ1) is 8.13. The van der Waals surface area contributed by atoms with E-state index in [2.05, 4.69) is 19.1 Å². The maximum Gasteiger partial charge on any atom is 0.119 e. The predicted molar refractivity (Wildman–Crippen MR) is 70.0 cm³/mol. The molecule has 1 aromatic carbocycles. The third-order valence-corrected chi connectivity index (χ3v) is 3.63. The van der Waals surface area contributed by atoms with E-state index in [9.17, 15) is 0 Å². The minimum absolute atomic E-state index is 0.0116. The average molecular weight is 255 g/mol. The molecule has 1 aliphatic heterocycles. The lowest BCUT2D eigenvalue weighted by atomic mass is 9.91. The Balaban J connectivity index is 2.45. The van der Waals surface area contributed by atoms with Crippen molar-refractivity contribution < 1.29 is 9.47 Å². The van der Waals surface area contributed by atoms with Gasteiger partial charge in [0, 0.05) is 6.61 Å². The molecule has 17 heavy (non-hydrogen) atoms. The molecule has 0 radical (unpaired) electrons. The highest BCUT2D eigenvalue weighted by Crippen LogP contribution is 2.38. The predicted octanol–water partition coefficient (Wildman–Crippen LogP) is 3.89. The molecule has 0 aliphatic carbocycles. The Morgan fingerprint density at radius 3 is 2.82 bits per heavy atom. The summed E-state index contributed by atoms with van der Waals surface area (Å²) in [7, 11) is 1.70. The molecule has 0 N–H and O–H groups in total. The minimum Gasteiger partial charge on any atom is -0.497 e. The van der Waals surface area contributed by atoms with Crippen molar-refractivity contribution in [2.24, 2.45) is 0 Å². The third-order valence-electron chi connectivity index (χ3n) is 3.40. The molecular weight excluding hydrogens is 236 g/mol. The standard InChI is InChI=1S/C14H19ClO2/c1-9-6-7-17-14(10(2)15)12-5-4-11(16-3)8-13(9)12/h4-5,8-10,14H,6-7H2,1-3H3. The van der Waals surface area contributed by atoms with Crippen LogP contribution in [-0.2, 0) is 4.74 Å². The van der Waals surface area contributed by atoms with E-state index >= 15 is 0 Å². The first-order valence-corrected chi connectivity index (χ1v) is 6.50. The van der Waals surface area contributed by atoms with Crippen LogP contribution in [0.1, 0.15) is 43.4 Å². The van der Waals surface area contributed by atoms with E-state index < -0.39 is 0 Å². The van der Waals surface area contributed by atoms with Crippen LogP contribution in [0.25, 0.3) is 0 Å². The smallest absolute Gasteiger partial charge is 0.119 e.